The third-order valence-corrected chi connectivity index (χ3v) is 2.65. The number of pyridine rings is 1. The number of nitriles is 1. The number of nitrogens with one attached hydrogen (secondary N) is 1. The summed E-state index contributed by atoms with van der Waals surface area (Å²) in [5.74, 6) is -0.162. The molecule has 0 spiro atoms. The lowest BCUT2D eigenvalue weighted by molar-refractivity contribution is -0.114. The molecule has 2 aromatic rings. The molecule has 2 rings (SSSR count). The lowest BCUT2D eigenvalue weighted by Crippen LogP contribution is -2.05. The van der Waals surface area contributed by atoms with Gasteiger partial charge in [-0.3, -0.25) is 9.78 Å². The number of hydrogen-bond donors (Lipinski definition) is 1. The van der Waals surface area contributed by atoms with Gasteiger partial charge in [0, 0.05) is 24.2 Å². The van der Waals surface area contributed by atoms with Crippen LogP contribution in [0, 0.1) is 11.3 Å². The number of amides is 1. The number of fused-ring (bicyclic) bond motifs is 1. The number of carbonyl (C=O) groups is 1. The first-order valence-corrected chi connectivity index (χ1v) is 5.25. The minimum Gasteiger partial charge on any atom is -0.326 e. The van der Waals surface area contributed by atoms with E-state index >= 15 is 0 Å². The van der Waals surface area contributed by atoms with E-state index in [1.165, 1.54) is 13.1 Å². The zero-order chi connectivity index (χ0) is 12.4. The van der Waals surface area contributed by atoms with Gasteiger partial charge in [-0.15, -0.1) is 0 Å². The fraction of sp³-hybridized carbons (Fsp3) is 0.0833. The van der Waals surface area contributed by atoms with E-state index < -0.39 is 0 Å². The van der Waals surface area contributed by atoms with Crippen molar-refractivity contribution >= 4 is 34.1 Å². The largest absolute Gasteiger partial charge is 0.326 e. The Morgan fingerprint density at radius 1 is 1.53 bits per heavy atom. The molecule has 84 valence electrons. The standard InChI is InChI=1S/C12H8ClN3O/c1-7(17)16-9-2-3-11-10(4-9)12(13)8(5-14)6-15-11/h2-4,6H,1H3,(H,16,17). The van der Waals surface area contributed by atoms with Gasteiger partial charge in [0.15, 0.2) is 0 Å². The minimum atomic E-state index is -0.162. The van der Waals surface area contributed by atoms with Crippen molar-refractivity contribution in [1.29, 1.82) is 5.26 Å². The Bertz CT molecular complexity index is 646. The molecular formula is C12H8ClN3O. The summed E-state index contributed by atoms with van der Waals surface area (Å²) in [4.78, 5) is 15.1. The Labute approximate surface area is 103 Å². The van der Waals surface area contributed by atoms with Crippen LogP contribution in [-0.2, 0) is 4.79 Å². The van der Waals surface area contributed by atoms with Crippen molar-refractivity contribution in [3.8, 4) is 6.07 Å². The monoisotopic (exact) mass is 245 g/mol. The molecule has 0 saturated heterocycles. The number of halogens is 1. The highest BCUT2D eigenvalue weighted by atomic mass is 35.5. The van der Waals surface area contributed by atoms with Gasteiger partial charge in [-0.05, 0) is 18.2 Å². The molecule has 0 aliphatic carbocycles. The Morgan fingerprint density at radius 2 is 2.29 bits per heavy atom. The minimum absolute atomic E-state index is 0.162. The lowest BCUT2D eigenvalue weighted by Gasteiger charge is -2.05. The molecule has 0 atom stereocenters. The van der Waals surface area contributed by atoms with Crippen LogP contribution in [0.1, 0.15) is 12.5 Å². The van der Waals surface area contributed by atoms with E-state index in [0.29, 0.717) is 27.2 Å². The molecular weight excluding hydrogens is 238 g/mol. The van der Waals surface area contributed by atoms with Crippen LogP contribution in [0.3, 0.4) is 0 Å². The third-order valence-electron chi connectivity index (χ3n) is 2.24. The Balaban J connectivity index is 2.63. The first-order valence-electron chi connectivity index (χ1n) is 4.88. The number of nitrogens with zero attached hydrogens (tertiary/aromatic N) is 2. The van der Waals surface area contributed by atoms with Gasteiger partial charge in [0.25, 0.3) is 0 Å². The average molecular weight is 246 g/mol. The predicted molar refractivity (Wildman–Crippen MR) is 65.8 cm³/mol. The normalized spacial score (nSPS) is 9.94. The third kappa shape index (κ3) is 2.19. The van der Waals surface area contributed by atoms with E-state index in [9.17, 15) is 4.79 Å². The summed E-state index contributed by atoms with van der Waals surface area (Å²) >= 11 is 6.08. The number of carbonyl (C=O) groups excluding carboxylic acids is 1. The van der Waals surface area contributed by atoms with Crippen LogP contribution in [0.5, 0.6) is 0 Å². The van der Waals surface area contributed by atoms with Crippen LogP contribution in [0.25, 0.3) is 10.9 Å². The number of aromatic nitrogens is 1. The smallest absolute Gasteiger partial charge is 0.221 e. The first-order chi connectivity index (χ1) is 8.11. The number of benzene rings is 1. The number of anilines is 1. The Hall–Kier alpha value is -2.12. The van der Waals surface area contributed by atoms with E-state index in [1.807, 2.05) is 6.07 Å². The zero-order valence-electron chi connectivity index (χ0n) is 8.99. The second-order valence-corrected chi connectivity index (χ2v) is 3.89. The van der Waals surface area contributed by atoms with Crippen molar-refractivity contribution in [1.82, 2.24) is 4.98 Å². The summed E-state index contributed by atoms with van der Waals surface area (Å²) in [5.41, 5.74) is 1.63. The molecule has 1 heterocycles. The van der Waals surface area contributed by atoms with Gasteiger partial charge < -0.3 is 5.32 Å². The summed E-state index contributed by atoms with van der Waals surface area (Å²) in [5, 5.41) is 12.5. The van der Waals surface area contributed by atoms with Gasteiger partial charge in [0.1, 0.15) is 6.07 Å². The van der Waals surface area contributed by atoms with Crippen molar-refractivity contribution in [3.05, 3.63) is 35.0 Å². The van der Waals surface area contributed by atoms with Gasteiger partial charge in [0.2, 0.25) is 5.91 Å². The van der Waals surface area contributed by atoms with Gasteiger partial charge >= 0.3 is 0 Å². The number of hydrogen-bond acceptors (Lipinski definition) is 3. The van der Waals surface area contributed by atoms with E-state index in [4.69, 9.17) is 16.9 Å². The second kappa shape index (κ2) is 4.40. The van der Waals surface area contributed by atoms with Crippen LogP contribution in [-0.4, -0.2) is 10.9 Å². The molecule has 0 fully saturated rings. The van der Waals surface area contributed by atoms with Crippen LogP contribution in [0.2, 0.25) is 5.02 Å². The predicted octanol–water partition coefficient (Wildman–Crippen LogP) is 2.72. The van der Waals surface area contributed by atoms with Gasteiger partial charge in [-0.2, -0.15) is 5.26 Å². The molecule has 1 N–H and O–H groups in total. The SMILES string of the molecule is CC(=O)Nc1ccc2ncc(C#N)c(Cl)c2c1. The average Bonchev–Trinajstić information content (AvgIpc) is 2.29. The summed E-state index contributed by atoms with van der Waals surface area (Å²) in [6.07, 6.45) is 1.43. The molecule has 0 radical (unpaired) electrons. The van der Waals surface area contributed by atoms with Crippen molar-refractivity contribution < 1.29 is 4.79 Å². The molecule has 0 saturated carbocycles. The molecule has 0 bridgehead atoms. The van der Waals surface area contributed by atoms with Crippen LogP contribution in [0.4, 0.5) is 5.69 Å². The van der Waals surface area contributed by atoms with E-state index in [1.54, 1.807) is 18.2 Å². The Morgan fingerprint density at radius 3 is 2.94 bits per heavy atom. The summed E-state index contributed by atoms with van der Waals surface area (Å²) in [7, 11) is 0. The highest BCUT2D eigenvalue weighted by molar-refractivity contribution is 6.36. The fourth-order valence-electron chi connectivity index (χ4n) is 1.52. The zero-order valence-corrected chi connectivity index (χ0v) is 9.75. The summed E-state index contributed by atoms with van der Waals surface area (Å²) in [6, 6.07) is 7.15. The van der Waals surface area contributed by atoms with Crippen molar-refractivity contribution in [2.45, 2.75) is 6.92 Å². The van der Waals surface area contributed by atoms with E-state index in [-0.39, 0.29) is 5.91 Å². The molecule has 0 aliphatic heterocycles. The second-order valence-electron chi connectivity index (χ2n) is 3.51. The van der Waals surface area contributed by atoms with Gasteiger partial charge in [0.05, 0.1) is 16.1 Å². The van der Waals surface area contributed by atoms with Gasteiger partial charge in [-0.1, -0.05) is 11.6 Å². The fourth-order valence-corrected chi connectivity index (χ4v) is 1.76. The highest BCUT2D eigenvalue weighted by Gasteiger charge is 2.07. The molecule has 0 aliphatic rings. The van der Waals surface area contributed by atoms with E-state index in [2.05, 4.69) is 10.3 Å². The van der Waals surface area contributed by atoms with E-state index in [0.717, 1.165) is 0 Å². The summed E-state index contributed by atoms with van der Waals surface area (Å²) in [6.45, 7) is 1.43. The quantitative estimate of drug-likeness (QED) is 0.840. The van der Waals surface area contributed by atoms with Crippen molar-refractivity contribution in [3.63, 3.8) is 0 Å². The summed E-state index contributed by atoms with van der Waals surface area (Å²) < 4.78 is 0. The molecule has 1 aromatic heterocycles. The van der Waals surface area contributed by atoms with Gasteiger partial charge in [-0.25, -0.2) is 0 Å². The maximum atomic E-state index is 10.9. The lowest BCUT2D eigenvalue weighted by atomic mass is 10.1. The molecule has 0 unspecified atom stereocenters. The van der Waals surface area contributed by atoms with Crippen LogP contribution < -0.4 is 5.32 Å². The molecule has 1 amide bonds. The maximum Gasteiger partial charge on any atom is 0.221 e. The molecule has 17 heavy (non-hydrogen) atoms. The molecule has 5 heteroatoms. The highest BCUT2D eigenvalue weighted by Crippen LogP contribution is 2.27. The topological polar surface area (TPSA) is 65.8 Å². The van der Waals surface area contributed by atoms with Crippen molar-refractivity contribution in [2.75, 3.05) is 5.32 Å². The maximum absolute atomic E-state index is 10.9. The molecule has 1 aromatic carbocycles. The van der Waals surface area contributed by atoms with Crippen LogP contribution in [0.15, 0.2) is 24.4 Å². The first kappa shape index (κ1) is 11.4. The molecule has 4 nitrogen and oxygen atoms in total. The van der Waals surface area contributed by atoms with Crippen molar-refractivity contribution in [2.24, 2.45) is 0 Å². The number of rotatable bonds is 1. The van der Waals surface area contributed by atoms with Crippen LogP contribution >= 0.6 is 11.6 Å². The Kier molecular flexibility index (Phi) is 2.94.